The van der Waals surface area contributed by atoms with Gasteiger partial charge in [-0.05, 0) is 0 Å². The molecule has 0 spiro atoms. The lowest BCUT2D eigenvalue weighted by Crippen LogP contribution is -2.11. The smallest absolute Gasteiger partial charge is 0.275 e. The number of nitriles is 1. The standard InChI is InChI=1S/C11H9F2N3O4/c12-10(13)6-20-9-4-7(15-11(17)1-2-14)3-8(5-9)16(18)19/h3-5,10H,1,6H2,(H,15,17). The van der Waals surface area contributed by atoms with Crippen molar-refractivity contribution in [2.24, 2.45) is 0 Å². The van der Waals surface area contributed by atoms with Gasteiger partial charge >= 0.3 is 0 Å². The Morgan fingerprint density at radius 3 is 2.75 bits per heavy atom. The van der Waals surface area contributed by atoms with Crippen molar-refractivity contribution in [3.05, 3.63) is 28.3 Å². The number of halogens is 2. The van der Waals surface area contributed by atoms with Gasteiger partial charge in [-0.1, -0.05) is 0 Å². The van der Waals surface area contributed by atoms with E-state index in [0.717, 1.165) is 18.2 Å². The average Bonchev–Trinajstić information content (AvgIpc) is 2.36. The second-order valence-corrected chi connectivity index (χ2v) is 3.56. The molecule has 0 radical (unpaired) electrons. The number of carbonyl (C=O) groups is 1. The molecule has 0 saturated heterocycles. The molecule has 0 heterocycles. The van der Waals surface area contributed by atoms with Crippen molar-refractivity contribution in [1.29, 1.82) is 5.26 Å². The van der Waals surface area contributed by atoms with E-state index >= 15 is 0 Å². The predicted molar refractivity (Wildman–Crippen MR) is 63.5 cm³/mol. The number of rotatable bonds is 6. The lowest BCUT2D eigenvalue weighted by Gasteiger charge is -2.08. The highest BCUT2D eigenvalue weighted by atomic mass is 19.3. The minimum absolute atomic E-state index is 0.0104. The molecule has 0 aliphatic carbocycles. The first kappa shape index (κ1) is 15.3. The first-order chi connectivity index (χ1) is 9.42. The first-order valence-electron chi connectivity index (χ1n) is 5.29. The van der Waals surface area contributed by atoms with Crippen LogP contribution in [0.3, 0.4) is 0 Å². The summed E-state index contributed by atoms with van der Waals surface area (Å²) in [7, 11) is 0. The minimum Gasteiger partial charge on any atom is -0.487 e. The van der Waals surface area contributed by atoms with Crippen LogP contribution in [0.4, 0.5) is 20.2 Å². The molecule has 0 aliphatic rings. The lowest BCUT2D eigenvalue weighted by molar-refractivity contribution is -0.384. The van der Waals surface area contributed by atoms with Gasteiger partial charge in [0.05, 0.1) is 22.7 Å². The van der Waals surface area contributed by atoms with Crippen molar-refractivity contribution in [1.82, 2.24) is 0 Å². The third-order valence-corrected chi connectivity index (χ3v) is 2.00. The largest absolute Gasteiger partial charge is 0.487 e. The van der Waals surface area contributed by atoms with Gasteiger partial charge in [0.25, 0.3) is 12.1 Å². The normalized spacial score (nSPS) is 9.90. The van der Waals surface area contributed by atoms with Gasteiger partial charge < -0.3 is 10.1 Å². The molecule has 0 saturated carbocycles. The number of ether oxygens (including phenoxy) is 1. The summed E-state index contributed by atoms with van der Waals surface area (Å²) in [6, 6.07) is 4.75. The third kappa shape index (κ3) is 4.85. The van der Waals surface area contributed by atoms with Crippen molar-refractivity contribution in [3.8, 4) is 11.8 Å². The van der Waals surface area contributed by atoms with Crippen molar-refractivity contribution >= 4 is 17.3 Å². The van der Waals surface area contributed by atoms with Crippen LogP contribution in [0.5, 0.6) is 5.75 Å². The minimum atomic E-state index is -2.73. The van der Waals surface area contributed by atoms with E-state index in [9.17, 15) is 23.7 Å². The SMILES string of the molecule is N#CCC(=O)Nc1cc(OCC(F)F)cc([N+](=O)[O-])c1. The summed E-state index contributed by atoms with van der Waals surface area (Å²) in [6.45, 7) is -0.924. The first-order valence-corrected chi connectivity index (χ1v) is 5.29. The molecule has 106 valence electrons. The second kappa shape index (κ2) is 6.98. The van der Waals surface area contributed by atoms with Crippen LogP contribution in [0.2, 0.25) is 0 Å². The number of alkyl halides is 2. The van der Waals surface area contributed by atoms with Crippen molar-refractivity contribution in [3.63, 3.8) is 0 Å². The van der Waals surface area contributed by atoms with E-state index < -0.39 is 36.0 Å². The van der Waals surface area contributed by atoms with Gasteiger partial charge in [-0.15, -0.1) is 0 Å². The number of nitrogens with zero attached hydrogens (tertiary/aromatic N) is 2. The number of anilines is 1. The molecular formula is C11H9F2N3O4. The molecule has 1 aromatic carbocycles. The predicted octanol–water partition coefficient (Wildman–Crippen LogP) is 2.09. The molecule has 0 aliphatic heterocycles. The number of hydrogen-bond acceptors (Lipinski definition) is 5. The summed E-state index contributed by atoms with van der Waals surface area (Å²) in [5.74, 6) is -0.848. The summed E-state index contributed by atoms with van der Waals surface area (Å²) in [5, 5.41) is 21.3. The van der Waals surface area contributed by atoms with Crippen molar-refractivity contribution in [2.45, 2.75) is 12.8 Å². The molecule has 1 amide bonds. The van der Waals surface area contributed by atoms with E-state index in [2.05, 4.69) is 10.1 Å². The van der Waals surface area contributed by atoms with Gasteiger partial charge in [0, 0.05) is 12.1 Å². The van der Waals surface area contributed by atoms with Gasteiger partial charge in [-0.25, -0.2) is 8.78 Å². The number of benzene rings is 1. The van der Waals surface area contributed by atoms with Crippen LogP contribution in [0.1, 0.15) is 6.42 Å². The quantitative estimate of drug-likeness (QED) is 0.636. The Kier molecular flexibility index (Phi) is 5.34. The molecule has 7 nitrogen and oxygen atoms in total. The molecular weight excluding hydrogens is 276 g/mol. The number of hydrogen-bond donors (Lipinski definition) is 1. The number of nitro groups is 1. The Balaban J connectivity index is 2.95. The average molecular weight is 285 g/mol. The number of nitro benzene ring substituents is 1. The fourth-order valence-electron chi connectivity index (χ4n) is 1.28. The third-order valence-electron chi connectivity index (χ3n) is 2.00. The molecule has 0 aromatic heterocycles. The van der Waals surface area contributed by atoms with E-state index in [1.165, 1.54) is 0 Å². The molecule has 0 fully saturated rings. The van der Waals surface area contributed by atoms with E-state index in [1.54, 1.807) is 6.07 Å². The van der Waals surface area contributed by atoms with Crippen LogP contribution in [0.15, 0.2) is 18.2 Å². The zero-order valence-corrected chi connectivity index (χ0v) is 10.0. The summed E-state index contributed by atoms with van der Waals surface area (Å²) in [6.07, 6.45) is -3.17. The molecule has 1 N–H and O–H groups in total. The number of amides is 1. The molecule has 1 aromatic rings. The van der Waals surface area contributed by atoms with Crippen LogP contribution in [-0.4, -0.2) is 23.9 Å². The van der Waals surface area contributed by atoms with Crippen molar-refractivity contribution < 1.29 is 23.2 Å². The number of nitrogens with one attached hydrogen (secondary N) is 1. The van der Waals surface area contributed by atoms with Gasteiger partial charge in [0.1, 0.15) is 18.8 Å². The Morgan fingerprint density at radius 2 is 2.20 bits per heavy atom. The van der Waals surface area contributed by atoms with E-state index in [1.807, 2.05) is 0 Å². The lowest BCUT2D eigenvalue weighted by atomic mass is 10.2. The van der Waals surface area contributed by atoms with Gasteiger partial charge in [0.2, 0.25) is 5.91 Å². The maximum atomic E-state index is 12.0. The zero-order valence-electron chi connectivity index (χ0n) is 10.0. The number of non-ortho nitro benzene ring substituents is 1. The van der Waals surface area contributed by atoms with Crippen LogP contribution < -0.4 is 10.1 Å². The summed E-state index contributed by atoms with van der Waals surface area (Å²) in [5.41, 5.74) is -0.437. The highest BCUT2D eigenvalue weighted by Crippen LogP contribution is 2.26. The molecule has 1 rings (SSSR count). The van der Waals surface area contributed by atoms with Crippen LogP contribution in [-0.2, 0) is 4.79 Å². The maximum absolute atomic E-state index is 12.0. The molecule has 9 heteroatoms. The fourth-order valence-corrected chi connectivity index (χ4v) is 1.28. The topological polar surface area (TPSA) is 105 Å². The van der Waals surface area contributed by atoms with Gasteiger partial charge in [-0.2, -0.15) is 5.26 Å². The second-order valence-electron chi connectivity index (χ2n) is 3.56. The Hall–Kier alpha value is -2.76. The number of carbonyl (C=O) groups excluding carboxylic acids is 1. The Morgan fingerprint density at radius 1 is 1.50 bits per heavy atom. The molecule has 20 heavy (non-hydrogen) atoms. The van der Waals surface area contributed by atoms with Gasteiger partial charge in [-0.3, -0.25) is 14.9 Å². The van der Waals surface area contributed by atoms with Crippen LogP contribution >= 0.6 is 0 Å². The molecule has 0 atom stereocenters. The zero-order chi connectivity index (χ0) is 15.1. The van der Waals surface area contributed by atoms with Gasteiger partial charge in [0.15, 0.2) is 0 Å². The van der Waals surface area contributed by atoms with Crippen LogP contribution in [0, 0.1) is 21.4 Å². The highest BCUT2D eigenvalue weighted by Gasteiger charge is 2.13. The summed E-state index contributed by atoms with van der Waals surface area (Å²) < 4.78 is 28.7. The maximum Gasteiger partial charge on any atom is 0.275 e. The fraction of sp³-hybridized carbons (Fsp3) is 0.273. The Labute approximate surface area is 111 Å². The van der Waals surface area contributed by atoms with E-state index in [0.29, 0.717) is 0 Å². The Bertz CT molecular complexity index is 557. The van der Waals surface area contributed by atoms with E-state index in [4.69, 9.17) is 5.26 Å². The van der Waals surface area contributed by atoms with Crippen LogP contribution in [0.25, 0.3) is 0 Å². The van der Waals surface area contributed by atoms with Crippen molar-refractivity contribution in [2.75, 3.05) is 11.9 Å². The molecule has 0 bridgehead atoms. The highest BCUT2D eigenvalue weighted by molar-refractivity contribution is 5.92. The summed E-state index contributed by atoms with van der Waals surface area (Å²) in [4.78, 5) is 21.1. The summed E-state index contributed by atoms with van der Waals surface area (Å²) >= 11 is 0. The monoisotopic (exact) mass is 285 g/mol. The van der Waals surface area contributed by atoms with E-state index in [-0.39, 0.29) is 11.4 Å². The molecule has 0 unspecified atom stereocenters.